The molecule has 0 aromatic heterocycles. The predicted molar refractivity (Wildman–Crippen MR) is 115 cm³/mol. The Hall–Kier alpha value is -3.35. The first-order valence-electron chi connectivity index (χ1n) is 9.80. The predicted octanol–water partition coefficient (Wildman–Crippen LogP) is 3.74. The van der Waals surface area contributed by atoms with Crippen LogP contribution in [0.3, 0.4) is 0 Å². The average Bonchev–Trinajstić information content (AvgIpc) is 3.54. The van der Waals surface area contributed by atoms with Crippen molar-refractivity contribution in [3.63, 3.8) is 0 Å². The molecular weight excluding hydrogens is 368 g/mol. The Balaban J connectivity index is 1.56. The zero-order valence-corrected chi connectivity index (χ0v) is 16.7. The molecule has 29 heavy (non-hydrogen) atoms. The molecule has 1 saturated carbocycles. The van der Waals surface area contributed by atoms with Crippen LogP contribution in [-0.2, 0) is 14.4 Å². The highest BCUT2D eigenvalue weighted by Crippen LogP contribution is 2.31. The largest absolute Gasteiger partial charge is 0.376 e. The number of hydrogen-bond donors (Lipinski definition) is 4. The molecule has 0 saturated heterocycles. The highest BCUT2D eigenvalue weighted by atomic mass is 16.2. The van der Waals surface area contributed by atoms with E-state index in [1.54, 1.807) is 31.2 Å². The lowest BCUT2D eigenvalue weighted by atomic mass is 10.1. The highest BCUT2D eigenvalue weighted by Gasteiger charge is 2.29. The van der Waals surface area contributed by atoms with Crippen molar-refractivity contribution in [2.45, 2.75) is 33.1 Å². The molecule has 0 aliphatic heterocycles. The van der Waals surface area contributed by atoms with Gasteiger partial charge in [-0.1, -0.05) is 19.1 Å². The zero-order valence-electron chi connectivity index (χ0n) is 16.7. The Morgan fingerprint density at radius 1 is 0.897 bits per heavy atom. The highest BCUT2D eigenvalue weighted by molar-refractivity contribution is 5.97. The monoisotopic (exact) mass is 394 g/mol. The van der Waals surface area contributed by atoms with Gasteiger partial charge in [0.15, 0.2) is 0 Å². The number of carbonyl (C=O) groups excluding carboxylic acids is 3. The van der Waals surface area contributed by atoms with Crippen LogP contribution < -0.4 is 21.3 Å². The molecule has 3 rings (SSSR count). The van der Waals surface area contributed by atoms with Crippen molar-refractivity contribution in [1.82, 2.24) is 0 Å². The van der Waals surface area contributed by atoms with Crippen molar-refractivity contribution in [1.29, 1.82) is 0 Å². The van der Waals surface area contributed by atoms with Crippen LogP contribution in [-0.4, -0.2) is 24.3 Å². The molecule has 2 aromatic carbocycles. The van der Waals surface area contributed by atoms with E-state index in [2.05, 4.69) is 21.3 Å². The summed E-state index contributed by atoms with van der Waals surface area (Å²) in [4.78, 5) is 35.8. The Labute approximate surface area is 170 Å². The van der Waals surface area contributed by atoms with E-state index in [4.69, 9.17) is 0 Å². The molecule has 0 radical (unpaired) electrons. The Bertz CT molecular complexity index is 922. The van der Waals surface area contributed by atoms with Crippen molar-refractivity contribution in [3.05, 3.63) is 48.0 Å². The smallest absolute Gasteiger partial charge is 0.243 e. The van der Waals surface area contributed by atoms with Crippen LogP contribution in [0, 0.1) is 12.8 Å². The molecule has 152 valence electrons. The number of rotatable bonds is 8. The first kappa shape index (κ1) is 20.4. The van der Waals surface area contributed by atoms with E-state index in [1.165, 1.54) is 0 Å². The number of benzene rings is 2. The number of anilines is 4. The molecule has 4 N–H and O–H groups in total. The summed E-state index contributed by atoms with van der Waals surface area (Å²) in [6, 6.07) is 12.6. The third kappa shape index (κ3) is 5.81. The van der Waals surface area contributed by atoms with Crippen LogP contribution in [0.1, 0.15) is 31.7 Å². The number of nitrogens with one attached hydrogen (secondary N) is 4. The fourth-order valence-corrected chi connectivity index (χ4v) is 2.85. The van der Waals surface area contributed by atoms with E-state index in [9.17, 15) is 14.4 Å². The van der Waals surface area contributed by atoms with Crippen molar-refractivity contribution < 1.29 is 14.4 Å². The molecule has 0 atom stereocenters. The molecule has 0 heterocycles. The summed E-state index contributed by atoms with van der Waals surface area (Å²) in [5.74, 6) is -0.109. The topological polar surface area (TPSA) is 99.3 Å². The van der Waals surface area contributed by atoms with Gasteiger partial charge in [-0.25, -0.2) is 0 Å². The molecule has 3 amide bonds. The van der Waals surface area contributed by atoms with Crippen LogP contribution in [0.5, 0.6) is 0 Å². The fraction of sp³-hybridized carbons (Fsp3) is 0.318. The van der Waals surface area contributed by atoms with E-state index in [0.717, 1.165) is 29.8 Å². The van der Waals surface area contributed by atoms with Gasteiger partial charge < -0.3 is 21.3 Å². The third-order valence-electron chi connectivity index (χ3n) is 4.73. The second-order valence-electron chi connectivity index (χ2n) is 7.13. The van der Waals surface area contributed by atoms with Crippen LogP contribution >= 0.6 is 0 Å². The summed E-state index contributed by atoms with van der Waals surface area (Å²) >= 11 is 0. The minimum atomic E-state index is -0.212. The van der Waals surface area contributed by atoms with Crippen LogP contribution in [0.2, 0.25) is 0 Å². The molecule has 2 aromatic rings. The van der Waals surface area contributed by atoms with Gasteiger partial charge in [0.05, 0.1) is 6.54 Å². The summed E-state index contributed by atoms with van der Waals surface area (Å²) in [7, 11) is 0. The summed E-state index contributed by atoms with van der Waals surface area (Å²) < 4.78 is 0. The molecule has 0 unspecified atom stereocenters. The molecular formula is C22H26N4O3. The molecule has 0 bridgehead atoms. The summed E-state index contributed by atoms with van der Waals surface area (Å²) in [6.07, 6.45) is 2.29. The van der Waals surface area contributed by atoms with Gasteiger partial charge in [-0.15, -0.1) is 0 Å². The van der Waals surface area contributed by atoms with Crippen molar-refractivity contribution in [3.8, 4) is 0 Å². The van der Waals surface area contributed by atoms with Gasteiger partial charge in [0.25, 0.3) is 0 Å². The lowest BCUT2D eigenvalue weighted by molar-refractivity contribution is -0.117. The van der Waals surface area contributed by atoms with Crippen molar-refractivity contribution in [2.24, 2.45) is 5.92 Å². The van der Waals surface area contributed by atoms with Crippen LogP contribution in [0.25, 0.3) is 0 Å². The minimum Gasteiger partial charge on any atom is -0.376 e. The standard InChI is InChI=1S/C22H26N4O3/c1-3-20(27)24-16-6-4-7-17(12-16)25-21(28)13-23-18-8-5-9-19(14(18)2)26-22(29)15-10-11-15/h4-9,12,15,23H,3,10-11,13H2,1-2H3,(H,24,27)(H,25,28)(H,26,29). The molecule has 0 spiro atoms. The van der Waals surface area contributed by atoms with Gasteiger partial charge in [-0.2, -0.15) is 0 Å². The molecule has 7 nitrogen and oxygen atoms in total. The maximum atomic E-state index is 12.3. The quantitative estimate of drug-likeness (QED) is 0.548. The van der Waals surface area contributed by atoms with Gasteiger partial charge in [-0.05, 0) is 55.7 Å². The summed E-state index contributed by atoms with van der Waals surface area (Å²) in [5.41, 5.74) is 3.67. The van der Waals surface area contributed by atoms with E-state index in [1.807, 2.05) is 25.1 Å². The van der Waals surface area contributed by atoms with Gasteiger partial charge in [0, 0.05) is 35.1 Å². The molecule has 1 aliphatic carbocycles. The van der Waals surface area contributed by atoms with Crippen LogP contribution in [0.4, 0.5) is 22.7 Å². The van der Waals surface area contributed by atoms with Crippen LogP contribution in [0.15, 0.2) is 42.5 Å². The first-order valence-corrected chi connectivity index (χ1v) is 9.80. The van der Waals surface area contributed by atoms with Gasteiger partial charge in [0.2, 0.25) is 17.7 Å². The van der Waals surface area contributed by atoms with E-state index in [0.29, 0.717) is 17.8 Å². The molecule has 7 heteroatoms. The normalized spacial score (nSPS) is 12.8. The Morgan fingerprint density at radius 3 is 2.17 bits per heavy atom. The van der Waals surface area contributed by atoms with E-state index < -0.39 is 0 Å². The Morgan fingerprint density at radius 2 is 1.52 bits per heavy atom. The summed E-state index contributed by atoms with van der Waals surface area (Å²) in [6.45, 7) is 3.76. The van der Waals surface area contributed by atoms with Crippen molar-refractivity contribution in [2.75, 3.05) is 27.8 Å². The van der Waals surface area contributed by atoms with E-state index in [-0.39, 0.29) is 30.2 Å². The SMILES string of the molecule is CCC(=O)Nc1cccc(NC(=O)CNc2cccc(NC(=O)C3CC3)c2C)c1. The van der Waals surface area contributed by atoms with Gasteiger partial charge in [0.1, 0.15) is 0 Å². The van der Waals surface area contributed by atoms with E-state index >= 15 is 0 Å². The zero-order chi connectivity index (χ0) is 20.8. The minimum absolute atomic E-state index is 0.0537. The summed E-state index contributed by atoms with van der Waals surface area (Å²) in [5, 5.41) is 11.6. The van der Waals surface area contributed by atoms with Crippen molar-refractivity contribution >= 4 is 40.5 Å². The molecule has 1 fully saturated rings. The number of carbonyl (C=O) groups is 3. The lowest BCUT2D eigenvalue weighted by Crippen LogP contribution is -2.22. The Kier molecular flexibility index (Phi) is 6.49. The second-order valence-corrected chi connectivity index (χ2v) is 7.13. The number of hydrogen-bond acceptors (Lipinski definition) is 4. The lowest BCUT2D eigenvalue weighted by Gasteiger charge is -2.14. The fourth-order valence-electron chi connectivity index (χ4n) is 2.85. The first-order chi connectivity index (χ1) is 14.0. The maximum absolute atomic E-state index is 12.3. The second kappa shape index (κ2) is 9.23. The average molecular weight is 394 g/mol. The number of amides is 3. The molecule has 1 aliphatic rings. The maximum Gasteiger partial charge on any atom is 0.243 e. The van der Waals surface area contributed by atoms with Gasteiger partial charge in [-0.3, -0.25) is 14.4 Å². The third-order valence-corrected chi connectivity index (χ3v) is 4.73. The van der Waals surface area contributed by atoms with Gasteiger partial charge >= 0.3 is 0 Å².